The third-order valence-corrected chi connectivity index (χ3v) is 5.25. The molecule has 1 amide bonds. The van der Waals surface area contributed by atoms with E-state index in [1.54, 1.807) is 23.9 Å². The van der Waals surface area contributed by atoms with Crippen LogP contribution < -0.4 is 5.32 Å². The van der Waals surface area contributed by atoms with Crippen LogP contribution in [0.4, 0.5) is 0 Å². The van der Waals surface area contributed by atoms with Gasteiger partial charge < -0.3 is 14.3 Å². The maximum absolute atomic E-state index is 12.3. The number of hydrogen-bond donors (Lipinski definition) is 1. The molecule has 142 valence electrons. The summed E-state index contributed by atoms with van der Waals surface area (Å²) < 4.78 is 7.71. The minimum absolute atomic E-state index is 0.0726. The number of carbonyl (C=O) groups is 1. The van der Waals surface area contributed by atoms with E-state index in [2.05, 4.69) is 27.4 Å². The molecule has 0 aliphatic rings. The van der Waals surface area contributed by atoms with E-state index in [1.165, 1.54) is 5.56 Å². The Morgan fingerprint density at radius 1 is 1.21 bits per heavy atom. The highest BCUT2D eigenvalue weighted by Crippen LogP contribution is 2.26. The molecule has 0 aliphatic heterocycles. The van der Waals surface area contributed by atoms with Crippen LogP contribution in [0.5, 0.6) is 0 Å². The first-order chi connectivity index (χ1) is 13.7. The molecule has 1 aromatic carbocycles. The number of nitrogens with zero attached hydrogens (tertiary/aromatic N) is 3. The predicted molar refractivity (Wildman–Crippen MR) is 108 cm³/mol. The predicted octanol–water partition coefficient (Wildman–Crippen LogP) is 3.82. The SMILES string of the molecule is Cc1oc(-c2cccs2)nc1CC(=O)NCc1ccc(Cn2ccnc2)cc1. The number of thiophene rings is 1. The summed E-state index contributed by atoms with van der Waals surface area (Å²) in [6.45, 7) is 3.11. The van der Waals surface area contributed by atoms with E-state index in [1.807, 2.05) is 47.3 Å². The highest BCUT2D eigenvalue weighted by molar-refractivity contribution is 7.13. The summed E-state index contributed by atoms with van der Waals surface area (Å²) in [5.41, 5.74) is 2.92. The van der Waals surface area contributed by atoms with Crippen molar-refractivity contribution >= 4 is 17.2 Å². The Morgan fingerprint density at radius 3 is 2.75 bits per heavy atom. The van der Waals surface area contributed by atoms with E-state index >= 15 is 0 Å². The summed E-state index contributed by atoms with van der Waals surface area (Å²) in [4.78, 5) is 21.8. The lowest BCUT2D eigenvalue weighted by Crippen LogP contribution is -2.24. The van der Waals surface area contributed by atoms with Crippen molar-refractivity contribution in [2.45, 2.75) is 26.4 Å². The molecule has 0 bridgehead atoms. The Labute approximate surface area is 166 Å². The molecule has 28 heavy (non-hydrogen) atoms. The van der Waals surface area contributed by atoms with E-state index in [4.69, 9.17) is 4.42 Å². The average molecular weight is 392 g/mol. The van der Waals surface area contributed by atoms with Gasteiger partial charge in [-0.1, -0.05) is 30.3 Å². The Hall–Kier alpha value is -3.19. The minimum atomic E-state index is -0.0726. The lowest BCUT2D eigenvalue weighted by atomic mass is 10.1. The second-order valence-electron chi connectivity index (χ2n) is 6.50. The summed E-state index contributed by atoms with van der Waals surface area (Å²) in [6.07, 6.45) is 5.71. The fourth-order valence-corrected chi connectivity index (χ4v) is 3.52. The number of carbonyl (C=O) groups excluding carboxylic acids is 1. The van der Waals surface area contributed by atoms with Crippen LogP contribution >= 0.6 is 11.3 Å². The Balaban J connectivity index is 1.31. The number of oxazole rings is 1. The van der Waals surface area contributed by atoms with Gasteiger partial charge in [0.2, 0.25) is 11.8 Å². The zero-order valence-corrected chi connectivity index (χ0v) is 16.3. The molecule has 0 spiro atoms. The van der Waals surface area contributed by atoms with Gasteiger partial charge in [0.15, 0.2) is 0 Å². The molecule has 6 nitrogen and oxygen atoms in total. The average Bonchev–Trinajstić information content (AvgIpc) is 3.44. The van der Waals surface area contributed by atoms with Gasteiger partial charge in [-0.25, -0.2) is 9.97 Å². The fraction of sp³-hybridized carbons (Fsp3) is 0.190. The molecule has 0 saturated heterocycles. The van der Waals surface area contributed by atoms with Crippen LogP contribution in [0.3, 0.4) is 0 Å². The first kappa shape index (κ1) is 18.2. The maximum Gasteiger partial charge on any atom is 0.236 e. The molecule has 0 radical (unpaired) electrons. The number of imidazole rings is 1. The summed E-state index contributed by atoms with van der Waals surface area (Å²) in [6, 6.07) is 12.1. The van der Waals surface area contributed by atoms with E-state index in [-0.39, 0.29) is 12.3 Å². The number of aryl methyl sites for hydroxylation is 1. The van der Waals surface area contributed by atoms with Crippen molar-refractivity contribution in [3.63, 3.8) is 0 Å². The summed E-state index contributed by atoms with van der Waals surface area (Å²) >= 11 is 1.56. The van der Waals surface area contributed by atoms with Gasteiger partial charge in [0.25, 0.3) is 0 Å². The third kappa shape index (κ3) is 4.37. The summed E-state index contributed by atoms with van der Waals surface area (Å²) in [7, 11) is 0. The third-order valence-electron chi connectivity index (χ3n) is 4.39. The van der Waals surface area contributed by atoms with Crippen LogP contribution in [0.2, 0.25) is 0 Å². The first-order valence-electron chi connectivity index (χ1n) is 8.98. The topological polar surface area (TPSA) is 73.0 Å². The van der Waals surface area contributed by atoms with Crippen molar-refractivity contribution in [1.82, 2.24) is 19.9 Å². The van der Waals surface area contributed by atoms with E-state index in [9.17, 15) is 4.79 Å². The van der Waals surface area contributed by atoms with Gasteiger partial charge in [0, 0.05) is 25.5 Å². The van der Waals surface area contributed by atoms with Crippen molar-refractivity contribution in [2.75, 3.05) is 0 Å². The number of aromatic nitrogens is 3. The fourth-order valence-electron chi connectivity index (χ4n) is 2.87. The minimum Gasteiger partial charge on any atom is -0.440 e. The zero-order chi connectivity index (χ0) is 19.3. The smallest absolute Gasteiger partial charge is 0.236 e. The van der Waals surface area contributed by atoms with Crippen LogP contribution in [0.15, 0.2) is 64.9 Å². The second-order valence-corrected chi connectivity index (χ2v) is 7.45. The van der Waals surface area contributed by atoms with Gasteiger partial charge >= 0.3 is 0 Å². The van der Waals surface area contributed by atoms with Crippen molar-refractivity contribution in [1.29, 1.82) is 0 Å². The molecule has 0 unspecified atom stereocenters. The van der Waals surface area contributed by atoms with E-state index in [0.717, 1.165) is 17.0 Å². The molecule has 4 rings (SSSR count). The molecular formula is C21H20N4O2S. The molecule has 3 heterocycles. The van der Waals surface area contributed by atoms with Crippen LogP contribution in [-0.2, 0) is 24.3 Å². The quantitative estimate of drug-likeness (QED) is 0.519. The Morgan fingerprint density at radius 2 is 2.04 bits per heavy atom. The van der Waals surface area contributed by atoms with E-state index < -0.39 is 0 Å². The molecule has 1 N–H and O–H groups in total. The van der Waals surface area contributed by atoms with Crippen LogP contribution in [0.25, 0.3) is 10.8 Å². The van der Waals surface area contributed by atoms with Crippen molar-refractivity contribution in [3.05, 3.63) is 83.1 Å². The maximum atomic E-state index is 12.3. The standard InChI is InChI=1S/C21H20N4O2S/c1-15-18(24-21(27-15)19-3-2-10-28-19)11-20(26)23-12-16-4-6-17(7-5-16)13-25-9-8-22-14-25/h2-10,14H,11-13H2,1H3,(H,23,26). The molecule has 7 heteroatoms. The normalized spacial score (nSPS) is 10.9. The van der Waals surface area contributed by atoms with Crippen molar-refractivity contribution in [2.24, 2.45) is 0 Å². The Kier molecular flexibility index (Phi) is 5.34. The van der Waals surface area contributed by atoms with Gasteiger partial charge in [-0.05, 0) is 29.5 Å². The van der Waals surface area contributed by atoms with Crippen LogP contribution in [0, 0.1) is 6.92 Å². The van der Waals surface area contributed by atoms with Crippen molar-refractivity contribution < 1.29 is 9.21 Å². The number of hydrogen-bond acceptors (Lipinski definition) is 5. The molecule has 3 aromatic heterocycles. The van der Waals surface area contributed by atoms with Crippen molar-refractivity contribution in [3.8, 4) is 10.8 Å². The molecular weight excluding hydrogens is 372 g/mol. The lowest BCUT2D eigenvalue weighted by molar-refractivity contribution is -0.120. The largest absolute Gasteiger partial charge is 0.440 e. The number of nitrogens with one attached hydrogen (secondary N) is 1. The summed E-state index contributed by atoms with van der Waals surface area (Å²) in [5, 5.41) is 4.92. The van der Waals surface area contributed by atoms with E-state index in [0.29, 0.717) is 23.9 Å². The van der Waals surface area contributed by atoms with Gasteiger partial charge in [-0.2, -0.15) is 0 Å². The van der Waals surface area contributed by atoms with Crippen LogP contribution in [-0.4, -0.2) is 20.4 Å². The highest BCUT2D eigenvalue weighted by Gasteiger charge is 2.15. The first-order valence-corrected chi connectivity index (χ1v) is 9.86. The van der Waals surface area contributed by atoms with Crippen LogP contribution in [0.1, 0.15) is 22.6 Å². The van der Waals surface area contributed by atoms with Gasteiger partial charge in [0.05, 0.1) is 23.3 Å². The molecule has 4 aromatic rings. The Bertz CT molecular complexity index is 1030. The van der Waals surface area contributed by atoms with Gasteiger partial charge in [-0.15, -0.1) is 11.3 Å². The molecule has 0 saturated carbocycles. The lowest BCUT2D eigenvalue weighted by Gasteiger charge is -2.07. The summed E-state index contributed by atoms with van der Waals surface area (Å²) in [5.74, 6) is 1.18. The number of benzene rings is 1. The molecule has 0 fully saturated rings. The molecule has 0 aliphatic carbocycles. The number of rotatable bonds is 7. The second kappa shape index (κ2) is 8.22. The highest BCUT2D eigenvalue weighted by atomic mass is 32.1. The number of amides is 1. The zero-order valence-electron chi connectivity index (χ0n) is 15.5. The monoisotopic (exact) mass is 392 g/mol. The molecule has 0 atom stereocenters. The van der Waals surface area contributed by atoms with Gasteiger partial charge in [-0.3, -0.25) is 4.79 Å². The van der Waals surface area contributed by atoms with Gasteiger partial charge in [0.1, 0.15) is 5.76 Å².